The fourth-order valence-electron chi connectivity index (χ4n) is 1.60. The molecule has 0 aromatic heterocycles. The molecule has 0 radical (unpaired) electrons. The molecule has 0 amide bonds. The summed E-state index contributed by atoms with van der Waals surface area (Å²) in [5.74, 6) is 0.170. The minimum atomic E-state index is -4.74. The Morgan fingerprint density at radius 1 is 0.630 bits per heavy atom. The van der Waals surface area contributed by atoms with Crippen LogP contribution in [-0.2, 0) is 40.3 Å². The maximum atomic E-state index is 10.2. The van der Waals surface area contributed by atoms with Gasteiger partial charge in [-0.2, -0.15) is 0 Å². The van der Waals surface area contributed by atoms with Crippen molar-refractivity contribution in [2.75, 3.05) is 14.2 Å². The summed E-state index contributed by atoms with van der Waals surface area (Å²) in [6, 6.07) is 11.9. The summed E-state index contributed by atoms with van der Waals surface area (Å²) in [5, 5.41) is 0. The van der Waals surface area contributed by atoms with Crippen molar-refractivity contribution in [2.45, 2.75) is 0 Å². The molecule has 144 valence electrons. The van der Waals surface area contributed by atoms with Crippen LogP contribution in [0.15, 0.2) is 48.5 Å². The van der Waals surface area contributed by atoms with Crippen molar-refractivity contribution in [1.82, 2.24) is 0 Å². The maximum Gasteiger partial charge on any atom is 2.00 e. The van der Waals surface area contributed by atoms with E-state index in [1.165, 1.54) is 50.6 Å². The van der Waals surface area contributed by atoms with Gasteiger partial charge in [0.25, 0.3) is 20.8 Å². The van der Waals surface area contributed by atoms with Crippen LogP contribution in [0.5, 0.6) is 23.0 Å². The third-order valence-electron chi connectivity index (χ3n) is 2.52. The molecular formula is C14H14O10S2Zn. The molecule has 0 saturated heterocycles. The van der Waals surface area contributed by atoms with Gasteiger partial charge in [-0.05, 0) is 24.3 Å². The summed E-state index contributed by atoms with van der Waals surface area (Å²) in [4.78, 5) is 0. The molecule has 10 nitrogen and oxygen atoms in total. The Kier molecular flexibility index (Phi) is 10.3. The SMILES string of the molecule is COc1ccccc1OS(=O)(=O)[O-].COc1ccccc1OS(=O)(=O)[O-].[Zn+2]. The number of ether oxygens (including phenoxy) is 2. The number of methoxy groups -OCH3 is 2. The maximum absolute atomic E-state index is 10.2. The molecule has 0 aliphatic heterocycles. The first-order valence-electron chi connectivity index (χ1n) is 6.62. The summed E-state index contributed by atoms with van der Waals surface area (Å²) in [5.41, 5.74) is 0. The van der Waals surface area contributed by atoms with E-state index in [1.807, 2.05) is 0 Å². The number of hydrogen-bond donors (Lipinski definition) is 0. The zero-order valence-corrected chi connectivity index (χ0v) is 18.8. The summed E-state index contributed by atoms with van der Waals surface area (Å²) in [7, 11) is -6.79. The summed E-state index contributed by atoms with van der Waals surface area (Å²) < 4.78 is 79.2. The van der Waals surface area contributed by atoms with E-state index in [1.54, 1.807) is 12.1 Å². The third kappa shape index (κ3) is 10.1. The molecule has 0 saturated carbocycles. The number of rotatable bonds is 6. The first-order chi connectivity index (χ1) is 12.1. The van der Waals surface area contributed by atoms with Crippen molar-refractivity contribution in [3.8, 4) is 23.0 Å². The molecule has 0 unspecified atom stereocenters. The molecule has 0 N–H and O–H groups in total. The van der Waals surface area contributed by atoms with Crippen LogP contribution in [0.3, 0.4) is 0 Å². The average molecular weight is 472 g/mol. The average Bonchev–Trinajstić information content (AvgIpc) is 2.53. The normalized spacial score (nSPS) is 10.5. The first-order valence-corrected chi connectivity index (χ1v) is 9.29. The van der Waals surface area contributed by atoms with Crippen molar-refractivity contribution in [3.63, 3.8) is 0 Å². The monoisotopic (exact) mass is 470 g/mol. The van der Waals surface area contributed by atoms with E-state index in [0.29, 0.717) is 0 Å². The van der Waals surface area contributed by atoms with Crippen molar-refractivity contribution in [1.29, 1.82) is 0 Å². The van der Waals surface area contributed by atoms with Gasteiger partial charge in [-0.1, -0.05) is 24.3 Å². The van der Waals surface area contributed by atoms with Gasteiger partial charge >= 0.3 is 19.5 Å². The van der Waals surface area contributed by atoms with Gasteiger partial charge in [0.1, 0.15) is 0 Å². The van der Waals surface area contributed by atoms with Crippen LogP contribution in [-0.4, -0.2) is 40.2 Å². The minimum absolute atomic E-state index is 0. The zero-order chi connectivity index (χ0) is 19.8. The molecule has 0 atom stereocenters. The van der Waals surface area contributed by atoms with Gasteiger partial charge in [0, 0.05) is 0 Å². The van der Waals surface area contributed by atoms with E-state index in [4.69, 9.17) is 9.47 Å². The molecule has 0 spiro atoms. The molecular weight excluding hydrogens is 458 g/mol. The molecule has 13 heteroatoms. The van der Waals surface area contributed by atoms with Crippen LogP contribution < -0.4 is 17.8 Å². The fourth-order valence-corrected chi connectivity index (χ4v) is 2.31. The van der Waals surface area contributed by atoms with Gasteiger partial charge in [-0.25, -0.2) is 16.8 Å². The quantitative estimate of drug-likeness (QED) is 0.339. The molecule has 2 aromatic rings. The van der Waals surface area contributed by atoms with E-state index in [9.17, 15) is 25.9 Å². The summed E-state index contributed by atoms with van der Waals surface area (Å²) in [6.45, 7) is 0. The zero-order valence-electron chi connectivity index (χ0n) is 14.2. The van der Waals surface area contributed by atoms with Gasteiger partial charge in [0.2, 0.25) is 0 Å². The topological polar surface area (TPSA) is 151 Å². The molecule has 0 heterocycles. The Morgan fingerprint density at radius 3 is 1.11 bits per heavy atom. The van der Waals surface area contributed by atoms with Crippen LogP contribution >= 0.6 is 0 Å². The van der Waals surface area contributed by atoms with Crippen molar-refractivity contribution < 1.29 is 63.3 Å². The molecule has 0 aliphatic rings. The second-order valence-electron chi connectivity index (χ2n) is 4.28. The van der Waals surface area contributed by atoms with E-state index >= 15 is 0 Å². The van der Waals surface area contributed by atoms with Crippen LogP contribution in [0.1, 0.15) is 0 Å². The Bertz CT molecular complexity index is 851. The van der Waals surface area contributed by atoms with Crippen LogP contribution in [0.2, 0.25) is 0 Å². The number of hydrogen-bond acceptors (Lipinski definition) is 10. The van der Waals surface area contributed by atoms with Gasteiger partial charge in [-0.15, -0.1) is 0 Å². The van der Waals surface area contributed by atoms with Gasteiger partial charge in [0.15, 0.2) is 23.0 Å². The number of benzene rings is 2. The second kappa shape index (κ2) is 11.0. The largest absolute Gasteiger partial charge is 2.00 e. The summed E-state index contributed by atoms with van der Waals surface area (Å²) >= 11 is 0. The molecule has 0 aliphatic carbocycles. The molecule has 27 heavy (non-hydrogen) atoms. The predicted molar refractivity (Wildman–Crippen MR) is 86.6 cm³/mol. The van der Waals surface area contributed by atoms with Gasteiger partial charge in [0.05, 0.1) is 14.2 Å². The van der Waals surface area contributed by atoms with Crippen LogP contribution in [0, 0.1) is 0 Å². The van der Waals surface area contributed by atoms with E-state index in [-0.39, 0.29) is 42.5 Å². The van der Waals surface area contributed by atoms with Crippen molar-refractivity contribution in [3.05, 3.63) is 48.5 Å². The summed E-state index contributed by atoms with van der Waals surface area (Å²) in [6.07, 6.45) is 0. The van der Waals surface area contributed by atoms with Crippen LogP contribution in [0.25, 0.3) is 0 Å². The Morgan fingerprint density at radius 2 is 0.889 bits per heavy atom. The van der Waals surface area contributed by atoms with Crippen LogP contribution in [0.4, 0.5) is 0 Å². The molecule has 2 aromatic carbocycles. The molecule has 0 fully saturated rings. The fraction of sp³-hybridized carbons (Fsp3) is 0.143. The predicted octanol–water partition coefficient (Wildman–Crippen LogP) is 1.07. The molecule has 2 rings (SSSR count). The van der Waals surface area contributed by atoms with Crippen molar-refractivity contribution >= 4 is 20.8 Å². The number of para-hydroxylation sites is 4. The standard InChI is InChI=1S/2C7H8O5S.Zn/c2*1-11-6-4-2-3-5-7(6)12-13(8,9)10;/h2*2-5H,1H3,(H,8,9,10);/q;;+2/p-2. The minimum Gasteiger partial charge on any atom is -0.716 e. The molecule has 0 bridgehead atoms. The van der Waals surface area contributed by atoms with E-state index < -0.39 is 20.8 Å². The first kappa shape index (κ1) is 25.1. The Labute approximate surface area is 169 Å². The Hall–Kier alpha value is -1.92. The smallest absolute Gasteiger partial charge is 0.716 e. The van der Waals surface area contributed by atoms with Gasteiger partial charge in [-0.3, -0.25) is 0 Å². The van der Waals surface area contributed by atoms with Gasteiger partial charge < -0.3 is 26.9 Å². The van der Waals surface area contributed by atoms with Crippen molar-refractivity contribution in [2.24, 2.45) is 0 Å². The Balaban J connectivity index is 0.000000483. The van der Waals surface area contributed by atoms with E-state index in [2.05, 4.69) is 8.37 Å². The third-order valence-corrected chi connectivity index (χ3v) is 3.29. The second-order valence-corrected chi connectivity index (χ2v) is 6.25. The van der Waals surface area contributed by atoms with E-state index in [0.717, 1.165) is 0 Å².